The third-order valence-corrected chi connectivity index (χ3v) is 9.22. The Morgan fingerprint density at radius 1 is 1.12 bits per heavy atom. The van der Waals surface area contributed by atoms with E-state index in [-0.39, 0.29) is 50.2 Å². The van der Waals surface area contributed by atoms with Crippen LogP contribution in [0.15, 0.2) is 64.6 Å². The number of benzene rings is 2. The van der Waals surface area contributed by atoms with Crippen molar-refractivity contribution in [2.45, 2.75) is 74.0 Å². The lowest BCUT2D eigenvalue weighted by molar-refractivity contribution is -0.137. The van der Waals surface area contributed by atoms with Gasteiger partial charge in [0.05, 0.1) is 23.2 Å². The molecular weight excluding hydrogens is 551 g/mol. The molecule has 2 aliphatic heterocycles. The van der Waals surface area contributed by atoms with Gasteiger partial charge in [0.15, 0.2) is 5.71 Å². The summed E-state index contributed by atoms with van der Waals surface area (Å²) >= 11 is 0. The summed E-state index contributed by atoms with van der Waals surface area (Å²) in [6, 6.07) is 14.1. The highest BCUT2D eigenvalue weighted by Gasteiger charge is 2.46. The summed E-state index contributed by atoms with van der Waals surface area (Å²) in [5.41, 5.74) is 5.12. The van der Waals surface area contributed by atoms with E-state index in [0.717, 1.165) is 35.3 Å². The summed E-state index contributed by atoms with van der Waals surface area (Å²) in [5.74, 6) is -1.19. The number of piperidine rings is 1. The molecular formula is C27H32F3N3O6S. The third-order valence-electron chi connectivity index (χ3n) is 7.33. The predicted molar refractivity (Wildman–Crippen MR) is 140 cm³/mol. The number of sulfonamides is 1. The Bertz CT molecular complexity index is 1310. The standard InChI is InChI=1S/C15H15F3N2O5S.C12H17NO/c16-15(17,18)10-2-1-3-11(8-10)26(23,24)20-6-4-14(5-7-20)9-12(13(21)22)19-25-14;13-11-7-4-8-12(11)14-9-10-5-2-1-3-6-10/h1-3,8H,4-7,9H2,(H,21,22);1-3,5-6,11-12H,4,7-9,13H2. The number of ether oxygens (including phenoxy) is 1. The van der Waals surface area contributed by atoms with Gasteiger partial charge < -0.3 is 20.4 Å². The number of nitrogens with two attached hydrogens (primary N) is 1. The average molecular weight is 584 g/mol. The maximum Gasteiger partial charge on any atom is 0.416 e. The lowest BCUT2D eigenvalue weighted by Crippen LogP contribution is -2.47. The van der Waals surface area contributed by atoms with Gasteiger partial charge in [-0.05, 0) is 43.0 Å². The molecule has 0 aromatic heterocycles. The Kier molecular flexibility index (Phi) is 9.18. The van der Waals surface area contributed by atoms with E-state index in [1.165, 1.54) is 12.0 Å². The summed E-state index contributed by atoms with van der Waals surface area (Å²) in [4.78, 5) is 15.7. The van der Waals surface area contributed by atoms with Gasteiger partial charge in [0.2, 0.25) is 10.0 Å². The van der Waals surface area contributed by atoms with Crippen molar-refractivity contribution >= 4 is 21.7 Å². The van der Waals surface area contributed by atoms with Crippen molar-refractivity contribution in [1.82, 2.24) is 4.31 Å². The topological polar surface area (TPSA) is 132 Å². The molecule has 2 aromatic rings. The molecule has 3 aliphatic rings. The number of hydrogen-bond donors (Lipinski definition) is 2. The van der Waals surface area contributed by atoms with Crippen LogP contribution in [0.4, 0.5) is 13.2 Å². The van der Waals surface area contributed by atoms with Gasteiger partial charge in [-0.2, -0.15) is 17.5 Å². The van der Waals surface area contributed by atoms with Gasteiger partial charge in [0.25, 0.3) is 0 Å². The number of oxime groups is 1. The third kappa shape index (κ3) is 7.19. The predicted octanol–water partition coefficient (Wildman–Crippen LogP) is 4.17. The quantitative estimate of drug-likeness (QED) is 0.522. The maximum absolute atomic E-state index is 12.8. The molecule has 3 N–H and O–H groups in total. The van der Waals surface area contributed by atoms with Gasteiger partial charge in [-0.3, -0.25) is 0 Å². The molecule has 0 bridgehead atoms. The van der Waals surface area contributed by atoms with Crippen molar-refractivity contribution in [3.63, 3.8) is 0 Å². The van der Waals surface area contributed by atoms with Crippen molar-refractivity contribution in [2.75, 3.05) is 13.1 Å². The lowest BCUT2D eigenvalue weighted by atomic mass is 9.88. The van der Waals surface area contributed by atoms with Gasteiger partial charge in [0, 0.05) is 38.4 Å². The fourth-order valence-electron chi connectivity index (χ4n) is 4.96. The molecule has 1 saturated heterocycles. The zero-order chi connectivity index (χ0) is 29.0. The van der Waals surface area contributed by atoms with E-state index in [1.54, 1.807) is 0 Å². The zero-order valence-corrected chi connectivity index (χ0v) is 22.5. The van der Waals surface area contributed by atoms with Crippen LogP contribution in [0.2, 0.25) is 0 Å². The number of carbonyl (C=O) groups is 1. The van der Waals surface area contributed by atoms with E-state index in [0.29, 0.717) is 12.7 Å². The molecule has 5 rings (SSSR count). The van der Waals surface area contributed by atoms with Crippen molar-refractivity contribution in [3.8, 4) is 0 Å². The first kappa shape index (κ1) is 30.0. The van der Waals surface area contributed by atoms with Crippen molar-refractivity contribution in [1.29, 1.82) is 0 Å². The number of alkyl halides is 3. The molecule has 1 saturated carbocycles. The highest BCUT2D eigenvalue weighted by molar-refractivity contribution is 7.89. The van der Waals surface area contributed by atoms with E-state index >= 15 is 0 Å². The first-order valence-electron chi connectivity index (χ1n) is 13.0. The van der Waals surface area contributed by atoms with Crippen molar-refractivity contribution in [2.24, 2.45) is 10.9 Å². The second-order valence-electron chi connectivity index (χ2n) is 10.2. The molecule has 2 unspecified atom stereocenters. The molecule has 218 valence electrons. The van der Waals surface area contributed by atoms with Gasteiger partial charge >= 0.3 is 12.1 Å². The number of rotatable bonds is 6. The molecule has 1 aliphatic carbocycles. The Morgan fingerprint density at radius 3 is 2.40 bits per heavy atom. The monoisotopic (exact) mass is 583 g/mol. The summed E-state index contributed by atoms with van der Waals surface area (Å²) < 4.78 is 70.6. The molecule has 2 atom stereocenters. The van der Waals surface area contributed by atoms with E-state index < -0.39 is 38.2 Å². The minimum atomic E-state index is -4.64. The molecule has 0 radical (unpaired) electrons. The Morgan fingerprint density at radius 2 is 1.82 bits per heavy atom. The van der Waals surface area contributed by atoms with Crippen LogP contribution < -0.4 is 5.73 Å². The largest absolute Gasteiger partial charge is 0.477 e. The van der Waals surface area contributed by atoms with E-state index in [1.807, 2.05) is 18.2 Å². The van der Waals surface area contributed by atoms with Crippen molar-refractivity contribution < 1.29 is 41.1 Å². The molecule has 1 spiro atoms. The van der Waals surface area contributed by atoms with Gasteiger partial charge in [-0.15, -0.1) is 0 Å². The van der Waals surface area contributed by atoms with Gasteiger partial charge in [-0.25, -0.2) is 13.2 Å². The van der Waals surface area contributed by atoms with Gasteiger partial charge in [-0.1, -0.05) is 41.6 Å². The summed E-state index contributed by atoms with van der Waals surface area (Å²) in [5, 5.41) is 12.5. The molecule has 2 heterocycles. The van der Waals surface area contributed by atoms with Crippen LogP contribution in [0.25, 0.3) is 0 Å². The Labute approximate surface area is 230 Å². The highest BCUT2D eigenvalue weighted by Crippen LogP contribution is 2.37. The number of hydrogen-bond acceptors (Lipinski definition) is 7. The molecule has 0 amide bonds. The van der Waals surface area contributed by atoms with Crippen LogP contribution in [0, 0.1) is 0 Å². The SMILES string of the molecule is NC1CCCC1OCc1ccccc1.O=C(O)C1=NOC2(CCN(S(=O)(=O)c3cccc(C(F)(F)F)c3)CC2)C1. The molecule has 9 nitrogen and oxygen atoms in total. The van der Waals surface area contributed by atoms with Crippen molar-refractivity contribution in [3.05, 3.63) is 65.7 Å². The second kappa shape index (κ2) is 12.2. The smallest absolute Gasteiger partial charge is 0.416 e. The van der Waals surface area contributed by atoms with Crippen LogP contribution in [0.5, 0.6) is 0 Å². The minimum Gasteiger partial charge on any atom is -0.477 e. The second-order valence-corrected chi connectivity index (χ2v) is 12.1. The number of halogens is 3. The molecule has 40 heavy (non-hydrogen) atoms. The molecule has 13 heteroatoms. The fourth-order valence-corrected chi connectivity index (χ4v) is 6.45. The molecule has 2 aromatic carbocycles. The van der Waals surface area contributed by atoms with Gasteiger partial charge in [0.1, 0.15) is 5.60 Å². The normalized spacial score (nSPS) is 22.8. The molecule has 2 fully saturated rings. The van der Waals surface area contributed by atoms with Crippen LogP contribution >= 0.6 is 0 Å². The summed E-state index contributed by atoms with van der Waals surface area (Å²) in [6.45, 7) is 0.696. The fraction of sp³-hybridized carbons (Fsp3) is 0.481. The van der Waals surface area contributed by atoms with E-state index in [2.05, 4.69) is 17.3 Å². The van der Waals surface area contributed by atoms with E-state index in [9.17, 15) is 26.4 Å². The Hall–Kier alpha value is -3.00. The number of carboxylic acids is 1. The minimum absolute atomic E-state index is 0.000990. The highest BCUT2D eigenvalue weighted by atomic mass is 32.2. The first-order valence-corrected chi connectivity index (χ1v) is 14.4. The van der Waals surface area contributed by atoms with E-state index in [4.69, 9.17) is 20.4 Å². The number of aliphatic carboxylic acids is 1. The average Bonchev–Trinajstić information content (AvgIpc) is 3.54. The summed E-state index contributed by atoms with van der Waals surface area (Å²) in [7, 11) is -4.10. The van der Waals surface area contributed by atoms with Crippen LogP contribution in [-0.4, -0.2) is 60.3 Å². The zero-order valence-electron chi connectivity index (χ0n) is 21.7. The first-order chi connectivity index (χ1) is 18.9. The number of carboxylic acid groups (broad SMARTS) is 1. The van der Waals surface area contributed by atoms with Crippen LogP contribution in [0.1, 0.15) is 49.7 Å². The Balaban J connectivity index is 0.000000222. The maximum atomic E-state index is 12.8. The summed E-state index contributed by atoms with van der Waals surface area (Å²) in [6.07, 6.45) is -0.458. The number of nitrogens with zero attached hydrogens (tertiary/aromatic N) is 2. The lowest BCUT2D eigenvalue weighted by Gasteiger charge is -2.36. The van der Waals surface area contributed by atoms with Crippen LogP contribution in [-0.2, 0) is 37.2 Å². The van der Waals surface area contributed by atoms with Crippen LogP contribution in [0.3, 0.4) is 0 Å².